The van der Waals surface area contributed by atoms with Crippen LogP contribution in [0.5, 0.6) is 0 Å². The van der Waals surface area contributed by atoms with Crippen molar-refractivity contribution in [3.63, 3.8) is 0 Å². The first kappa shape index (κ1) is 14.6. The monoisotopic (exact) mass is 190 g/mol. The van der Waals surface area contributed by atoms with E-state index >= 15 is 0 Å². The summed E-state index contributed by atoms with van der Waals surface area (Å²) in [7, 11) is 3.30. The molecule has 0 saturated heterocycles. The largest absolute Gasteiger partial charge is 0.512 e. The summed E-state index contributed by atoms with van der Waals surface area (Å²) in [5.41, 5.74) is 0. The first-order valence-electron chi connectivity index (χ1n) is 3.90. The second-order valence-corrected chi connectivity index (χ2v) is 2.38. The van der Waals surface area contributed by atoms with Crippen molar-refractivity contribution in [3.8, 4) is 0 Å². The average Bonchev–Trinajstić information content (AvgIpc) is 1.99. The normalized spacial score (nSPS) is 10.3. The van der Waals surface area contributed by atoms with Crippen LogP contribution in [0.2, 0.25) is 0 Å². The summed E-state index contributed by atoms with van der Waals surface area (Å²) >= 11 is 0. The predicted octanol–water partition coefficient (Wildman–Crippen LogP) is 1.32. The Morgan fingerprint density at radius 1 is 1.23 bits per heavy atom. The molecule has 4 nitrogen and oxygen atoms in total. The molecule has 1 N–H and O–H groups in total. The number of rotatable bonds is 4. The summed E-state index contributed by atoms with van der Waals surface area (Å²) in [6.45, 7) is 4.23. The number of methoxy groups -OCH3 is 2. The van der Waals surface area contributed by atoms with Crippen LogP contribution < -0.4 is 0 Å². The highest BCUT2D eigenvalue weighted by molar-refractivity contribution is 5.87. The molecule has 0 bridgehead atoms. The predicted molar refractivity (Wildman–Crippen MR) is 50.8 cm³/mol. The molecule has 0 amide bonds. The number of hydrogen-bond acceptors (Lipinski definition) is 4. The molecule has 78 valence electrons. The first-order chi connectivity index (χ1) is 6.04. The standard InChI is InChI=1S/C5H8O2.C4H10O2/c1-4(6)3-5(2)7;1-5-3-4-6-2/h3,6H,1-2H3;3-4H2,1-2H3/b4-3-;. The topological polar surface area (TPSA) is 55.8 Å². The Balaban J connectivity index is 0. The van der Waals surface area contributed by atoms with E-state index in [1.165, 1.54) is 19.9 Å². The SMILES string of the molecule is CC(=O)/C=C(/C)O.COCCOC. The van der Waals surface area contributed by atoms with Crippen molar-refractivity contribution < 1.29 is 19.4 Å². The van der Waals surface area contributed by atoms with Gasteiger partial charge in [0.2, 0.25) is 0 Å². The first-order valence-corrected chi connectivity index (χ1v) is 3.90. The highest BCUT2D eigenvalue weighted by Gasteiger charge is 1.82. The molecule has 0 aliphatic rings. The molecule has 0 saturated carbocycles. The van der Waals surface area contributed by atoms with E-state index in [-0.39, 0.29) is 11.5 Å². The van der Waals surface area contributed by atoms with Crippen molar-refractivity contribution in [1.29, 1.82) is 0 Å². The highest BCUT2D eigenvalue weighted by Crippen LogP contribution is 1.82. The van der Waals surface area contributed by atoms with Gasteiger partial charge < -0.3 is 14.6 Å². The van der Waals surface area contributed by atoms with E-state index in [1.807, 2.05) is 0 Å². The van der Waals surface area contributed by atoms with Gasteiger partial charge in [-0.2, -0.15) is 0 Å². The minimum atomic E-state index is -0.125. The number of ketones is 1. The van der Waals surface area contributed by atoms with Gasteiger partial charge in [0.25, 0.3) is 0 Å². The summed E-state index contributed by atoms with van der Waals surface area (Å²) in [6.07, 6.45) is 1.17. The van der Waals surface area contributed by atoms with Crippen LogP contribution >= 0.6 is 0 Å². The van der Waals surface area contributed by atoms with Gasteiger partial charge in [0.15, 0.2) is 5.78 Å². The van der Waals surface area contributed by atoms with Crippen LogP contribution in [0.15, 0.2) is 11.8 Å². The molecule has 0 spiro atoms. The molecular formula is C9H18O4. The maximum absolute atomic E-state index is 10.0. The second kappa shape index (κ2) is 11.1. The number of aliphatic hydroxyl groups is 1. The Morgan fingerprint density at radius 2 is 1.62 bits per heavy atom. The molecule has 13 heavy (non-hydrogen) atoms. The van der Waals surface area contributed by atoms with Gasteiger partial charge in [0, 0.05) is 20.3 Å². The lowest BCUT2D eigenvalue weighted by Crippen LogP contribution is -1.96. The summed E-state index contributed by atoms with van der Waals surface area (Å²) in [6, 6.07) is 0. The Labute approximate surface area is 79.2 Å². The van der Waals surface area contributed by atoms with E-state index in [2.05, 4.69) is 9.47 Å². The van der Waals surface area contributed by atoms with E-state index < -0.39 is 0 Å². The molecule has 0 atom stereocenters. The van der Waals surface area contributed by atoms with Gasteiger partial charge >= 0.3 is 0 Å². The van der Waals surface area contributed by atoms with Crippen LogP contribution in [0.25, 0.3) is 0 Å². The van der Waals surface area contributed by atoms with Crippen molar-refractivity contribution in [1.82, 2.24) is 0 Å². The Hall–Kier alpha value is -0.870. The Kier molecular flexibility index (Phi) is 12.5. The second-order valence-electron chi connectivity index (χ2n) is 2.38. The summed E-state index contributed by atoms with van der Waals surface area (Å²) < 4.78 is 9.31. The lowest BCUT2D eigenvalue weighted by atomic mass is 10.4. The average molecular weight is 190 g/mol. The molecule has 0 aliphatic heterocycles. The summed E-state index contributed by atoms with van der Waals surface area (Å²) in [5.74, 6) is -0.0625. The van der Waals surface area contributed by atoms with Crippen molar-refractivity contribution in [2.45, 2.75) is 13.8 Å². The number of carbonyl (C=O) groups is 1. The maximum Gasteiger partial charge on any atom is 0.155 e. The fraction of sp³-hybridized carbons (Fsp3) is 0.667. The number of ether oxygens (including phenoxy) is 2. The third kappa shape index (κ3) is 24.7. The van der Waals surface area contributed by atoms with E-state index in [0.29, 0.717) is 13.2 Å². The minimum Gasteiger partial charge on any atom is -0.512 e. The van der Waals surface area contributed by atoms with Crippen molar-refractivity contribution in [2.24, 2.45) is 0 Å². The smallest absolute Gasteiger partial charge is 0.155 e. The van der Waals surface area contributed by atoms with Crippen LogP contribution in [-0.2, 0) is 14.3 Å². The molecule has 0 aromatic rings. The Morgan fingerprint density at radius 3 is 1.69 bits per heavy atom. The van der Waals surface area contributed by atoms with Gasteiger partial charge in [0.05, 0.1) is 19.0 Å². The van der Waals surface area contributed by atoms with Gasteiger partial charge in [-0.3, -0.25) is 4.79 Å². The van der Waals surface area contributed by atoms with Gasteiger partial charge in [0.1, 0.15) is 0 Å². The molecule has 0 aromatic carbocycles. The molecule has 0 aliphatic carbocycles. The summed E-state index contributed by atoms with van der Waals surface area (Å²) in [5, 5.41) is 8.36. The molecule has 0 unspecified atom stereocenters. The van der Waals surface area contributed by atoms with Crippen molar-refractivity contribution in [2.75, 3.05) is 27.4 Å². The molecule has 0 heterocycles. The zero-order valence-electron chi connectivity index (χ0n) is 8.66. The number of carbonyl (C=O) groups excluding carboxylic acids is 1. The van der Waals surface area contributed by atoms with E-state index in [1.54, 1.807) is 14.2 Å². The highest BCUT2D eigenvalue weighted by atomic mass is 16.5. The quantitative estimate of drug-likeness (QED) is 0.412. The molecule has 0 radical (unpaired) electrons. The fourth-order valence-electron chi connectivity index (χ4n) is 0.461. The van der Waals surface area contributed by atoms with Crippen LogP contribution in [0, 0.1) is 0 Å². The van der Waals surface area contributed by atoms with E-state index in [9.17, 15) is 4.79 Å². The third-order valence-corrected chi connectivity index (χ3v) is 0.904. The van der Waals surface area contributed by atoms with E-state index in [4.69, 9.17) is 5.11 Å². The van der Waals surface area contributed by atoms with Crippen LogP contribution in [0.3, 0.4) is 0 Å². The summed E-state index contributed by atoms with van der Waals surface area (Å²) in [4.78, 5) is 10.0. The number of allylic oxidation sites excluding steroid dienone is 2. The van der Waals surface area contributed by atoms with E-state index in [0.717, 1.165) is 0 Å². The zero-order valence-corrected chi connectivity index (χ0v) is 8.66. The number of aliphatic hydroxyl groups excluding tert-OH is 1. The minimum absolute atomic E-state index is 0.0625. The Bertz CT molecular complexity index is 144. The third-order valence-electron chi connectivity index (χ3n) is 0.904. The van der Waals surface area contributed by atoms with Gasteiger partial charge in [-0.25, -0.2) is 0 Å². The van der Waals surface area contributed by atoms with Gasteiger partial charge in [-0.1, -0.05) is 0 Å². The maximum atomic E-state index is 10.0. The molecule has 4 heteroatoms. The zero-order chi connectivity index (χ0) is 10.7. The van der Waals surface area contributed by atoms with Crippen LogP contribution in [-0.4, -0.2) is 38.3 Å². The molecule has 0 fully saturated rings. The number of hydrogen-bond donors (Lipinski definition) is 1. The lowest BCUT2D eigenvalue weighted by molar-refractivity contribution is -0.112. The van der Waals surface area contributed by atoms with Crippen molar-refractivity contribution in [3.05, 3.63) is 11.8 Å². The molecule has 0 aromatic heterocycles. The van der Waals surface area contributed by atoms with Crippen molar-refractivity contribution >= 4 is 5.78 Å². The lowest BCUT2D eigenvalue weighted by Gasteiger charge is -1.91. The molecular weight excluding hydrogens is 172 g/mol. The van der Waals surface area contributed by atoms with Crippen LogP contribution in [0.1, 0.15) is 13.8 Å². The molecule has 0 rings (SSSR count). The van der Waals surface area contributed by atoms with Gasteiger partial charge in [-0.15, -0.1) is 0 Å². The van der Waals surface area contributed by atoms with Crippen LogP contribution in [0.4, 0.5) is 0 Å². The fourth-order valence-corrected chi connectivity index (χ4v) is 0.461. The van der Waals surface area contributed by atoms with Gasteiger partial charge in [-0.05, 0) is 13.8 Å².